The van der Waals surface area contributed by atoms with Gasteiger partial charge in [0.05, 0.1) is 0 Å². The number of hydrogen-bond acceptors (Lipinski definition) is 5. The van der Waals surface area contributed by atoms with Crippen LogP contribution in [0.1, 0.15) is 55.8 Å². The van der Waals surface area contributed by atoms with Crippen molar-refractivity contribution in [3.63, 3.8) is 0 Å². The first-order valence-corrected chi connectivity index (χ1v) is 9.85. The average Bonchev–Trinajstić information content (AvgIpc) is 3.16. The van der Waals surface area contributed by atoms with Crippen molar-refractivity contribution < 1.29 is 9.59 Å². The van der Waals surface area contributed by atoms with Crippen molar-refractivity contribution in [1.29, 1.82) is 0 Å². The van der Waals surface area contributed by atoms with Gasteiger partial charge < -0.3 is 9.80 Å². The van der Waals surface area contributed by atoms with Gasteiger partial charge in [0.1, 0.15) is 0 Å². The second-order valence-corrected chi connectivity index (χ2v) is 7.90. The van der Waals surface area contributed by atoms with Gasteiger partial charge in [-0.1, -0.05) is 13.3 Å². The zero-order valence-corrected chi connectivity index (χ0v) is 15.8. The van der Waals surface area contributed by atoms with Gasteiger partial charge in [-0.05, 0) is 48.2 Å². The first-order chi connectivity index (χ1) is 13.1. The molecule has 2 aromatic heterocycles. The summed E-state index contributed by atoms with van der Waals surface area (Å²) in [4.78, 5) is 29.3. The minimum Gasteiger partial charge on any atom is -0.342 e. The molecule has 27 heavy (non-hydrogen) atoms. The van der Waals surface area contributed by atoms with E-state index < -0.39 is 0 Å². The number of unbranched alkanes of at least 4 members (excludes halogenated alkanes) is 1. The van der Waals surface area contributed by atoms with Gasteiger partial charge in [0.15, 0.2) is 5.65 Å². The molecule has 4 rings (SSSR count). The van der Waals surface area contributed by atoms with Crippen molar-refractivity contribution in [2.45, 2.75) is 45.4 Å². The molecule has 0 bridgehead atoms. The van der Waals surface area contributed by atoms with Crippen LogP contribution in [0.3, 0.4) is 0 Å². The third-order valence-corrected chi connectivity index (χ3v) is 5.92. The van der Waals surface area contributed by atoms with Crippen LogP contribution in [-0.2, 0) is 4.79 Å². The Balaban J connectivity index is 1.49. The molecule has 2 aliphatic rings. The van der Waals surface area contributed by atoms with Crippen LogP contribution in [-0.4, -0.2) is 67.8 Å². The summed E-state index contributed by atoms with van der Waals surface area (Å²) in [5.41, 5.74) is 1.22. The van der Waals surface area contributed by atoms with Gasteiger partial charge in [0.25, 0.3) is 5.91 Å². The standard InChI is InChI=1S/C19H26N6O2/c1-2-3-9-23-13-19(8-5-17(23)26)7-4-10-24(14-19)18(27)15-6-11-25-16(12-15)20-21-22-25/h6,11-12H,2-5,7-10,13-14H2,1H3/t19-/m1/s1. The van der Waals surface area contributed by atoms with E-state index in [9.17, 15) is 9.59 Å². The maximum absolute atomic E-state index is 13.1. The number of fused-ring (bicyclic) bond motifs is 1. The SMILES string of the molecule is CCCCN1C[C@@]2(CCCN(C(=O)c3ccn4nnnc4c3)C2)CCC1=O. The Morgan fingerprint density at radius 3 is 3.04 bits per heavy atom. The van der Waals surface area contributed by atoms with E-state index in [-0.39, 0.29) is 17.2 Å². The van der Waals surface area contributed by atoms with E-state index in [0.717, 1.165) is 58.3 Å². The maximum Gasteiger partial charge on any atom is 0.254 e. The molecule has 8 nitrogen and oxygen atoms in total. The predicted octanol–water partition coefficient (Wildman–Crippen LogP) is 1.77. The minimum absolute atomic E-state index is 0.0246. The van der Waals surface area contributed by atoms with Gasteiger partial charge in [-0.15, -0.1) is 5.10 Å². The molecule has 0 N–H and O–H groups in total. The van der Waals surface area contributed by atoms with Crippen molar-refractivity contribution >= 4 is 17.5 Å². The van der Waals surface area contributed by atoms with Crippen LogP contribution in [0.5, 0.6) is 0 Å². The number of pyridine rings is 1. The molecule has 8 heteroatoms. The molecule has 2 amide bonds. The fraction of sp³-hybridized carbons (Fsp3) is 0.632. The average molecular weight is 370 g/mol. The van der Waals surface area contributed by atoms with Crippen molar-refractivity contribution in [3.05, 3.63) is 23.9 Å². The number of rotatable bonds is 4. The Hall–Kier alpha value is -2.51. The Morgan fingerprint density at radius 1 is 1.30 bits per heavy atom. The number of carbonyl (C=O) groups is 2. The summed E-state index contributed by atoms with van der Waals surface area (Å²) in [5.74, 6) is 0.291. The number of likely N-dealkylation sites (tertiary alicyclic amines) is 2. The molecule has 1 atom stereocenters. The summed E-state index contributed by atoms with van der Waals surface area (Å²) in [6, 6.07) is 3.51. The Kier molecular flexibility index (Phi) is 4.80. The minimum atomic E-state index is 0.0246. The second kappa shape index (κ2) is 7.25. The number of aromatic nitrogens is 4. The Labute approximate surface area is 158 Å². The summed E-state index contributed by atoms with van der Waals surface area (Å²) in [5, 5.41) is 11.4. The highest BCUT2D eigenvalue weighted by Crippen LogP contribution is 2.39. The van der Waals surface area contributed by atoms with Gasteiger partial charge >= 0.3 is 0 Å². The van der Waals surface area contributed by atoms with E-state index in [1.54, 1.807) is 22.8 Å². The Morgan fingerprint density at radius 2 is 2.19 bits per heavy atom. The molecule has 144 valence electrons. The topological polar surface area (TPSA) is 83.7 Å². The van der Waals surface area contributed by atoms with Crippen molar-refractivity contribution in [3.8, 4) is 0 Å². The van der Waals surface area contributed by atoms with E-state index in [1.165, 1.54) is 0 Å². The normalized spacial score (nSPS) is 23.4. The van der Waals surface area contributed by atoms with E-state index in [1.807, 2.05) is 9.80 Å². The molecule has 2 fully saturated rings. The van der Waals surface area contributed by atoms with E-state index in [2.05, 4.69) is 22.4 Å². The second-order valence-electron chi connectivity index (χ2n) is 7.90. The summed E-state index contributed by atoms with van der Waals surface area (Å²) >= 11 is 0. The van der Waals surface area contributed by atoms with Gasteiger partial charge in [-0.25, -0.2) is 4.52 Å². The summed E-state index contributed by atoms with van der Waals surface area (Å²) in [6.07, 6.45) is 7.39. The Bertz CT molecular complexity index is 850. The molecule has 0 radical (unpaired) electrons. The number of tetrazole rings is 1. The van der Waals surface area contributed by atoms with Crippen LogP contribution in [0.4, 0.5) is 0 Å². The van der Waals surface area contributed by atoms with Crippen LogP contribution in [0.25, 0.3) is 5.65 Å². The number of hydrogen-bond donors (Lipinski definition) is 0. The fourth-order valence-corrected chi connectivity index (χ4v) is 4.42. The number of carbonyl (C=O) groups excluding carboxylic acids is 2. The molecule has 0 aliphatic carbocycles. The molecule has 0 unspecified atom stereocenters. The van der Waals surface area contributed by atoms with Crippen molar-refractivity contribution in [1.82, 2.24) is 29.8 Å². The molecular formula is C19H26N6O2. The third kappa shape index (κ3) is 3.52. The zero-order chi connectivity index (χ0) is 18.9. The van der Waals surface area contributed by atoms with Gasteiger partial charge in [0, 0.05) is 49.8 Å². The lowest BCUT2D eigenvalue weighted by Crippen LogP contribution is -2.55. The summed E-state index contributed by atoms with van der Waals surface area (Å²) in [6.45, 7) is 5.24. The lowest BCUT2D eigenvalue weighted by atomic mass is 9.73. The largest absolute Gasteiger partial charge is 0.342 e. The zero-order valence-electron chi connectivity index (χ0n) is 15.8. The number of nitrogens with zero attached hydrogens (tertiary/aromatic N) is 6. The first-order valence-electron chi connectivity index (χ1n) is 9.85. The summed E-state index contributed by atoms with van der Waals surface area (Å²) < 4.78 is 1.55. The molecule has 2 aromatic rings. The highest BCUT2D eigenvalue weighted by Gasteiger charge is 2.42. The lowest BCUT2D eigenvalue weighted by Gasteiger charge is -2.48. The van der Waals surface area contributed by atoms with Crippen LogP contribution in [0, 0.1) is 5.41 Å². The molecule has 0 saturated carbocycles. The monoisotopic (exact) mass is 370 g/mol. The first kappa shape index (κ1) is 17.9. The fourth-order valence-electron chi connectivity index (χ4n) is 4.42. The lowest BCUT2D eigenvalue weighted by molar-refractivity contribution is -0.139. The quantitative estimate of drug-likeness (QED) is 0.819. The highest BCUT2D eigenvalue weighted by atomic mass is 16.2. The van der Waals surface area contributed by atoms with E-state index >= 15 is 0 Å². The van der Waals surface area contributed by atoms with Crippen LogP contribution >= 0.6 is 0 Å². The van der Waals surface area contributed by atoms with Crippen LogP contribution in [0.15, 0.2) is 18.3 Å². The van der Waals surface area contributed by atoms with Gasteiger partial charge in [-0.2, -0.15) is 0 Å². The third-order valence-electron chi connectivity index (χ3n) is 5.92. The van der Waals surface area contributed by atoms with Crippen LogP contribution < -0.4 is 0 Å². The van der Waals surface area contributed by atoms with Crippen molar-refractivity contribution in [2.75, 3.05) is 26.2 Å². The molecule has 4 heterocycles. The molecule has 1 spiro atoms. The van der Waals surface area contributed by atoms with E-state index in [0.29, 0.717) is 17.6 Å². The number of piperidine rings is 2. The molecular weight excluding hydrogens is 344 g/mol. The molecule has 0 aromatic carbocycles. The van der Waals surface area contributed by atoms with Gasteiger partial charge in [-0.3, -0.25) is 9.59 Å². The van der Waals surface area contributed by atoms with Crippen molar-refractivity contribution in [2.24, 2.45) is 5.41 Å². The highest BCUT2D eigenvalue weighted by molar-refractivity contribution is 5.95. The maximum atomic E-state index is 13.1. The summed E-state index contributed by atoms with van der Waals surface area (Å²) in [7, 11) is 0. The smallest absolute Gasteiger partial charge is 0.254 e. The molecule has 2 saturated heterocycles. The molecule has 2 aliphatic heterocycles. The predicted molar refractivity (Wildman–Crippen MR) is 99.1 cm³/mol. The number of amides is 2. The van der Waals surface area contributed by atoms with Gasteiger partial charge in [0.2, 0.25) is 5.91 Å². The van der Waals surface area contributed by atoms with E-state index in [4.69, 9.17) is 0 Å². The van der Waals surface area contributed by atoms with Crippen LogP contribution in [0.2, 0.25) is 0 Å².